The summed E-state index contributed by atoms with van der Waals surface area (Å²) >= 11 is -0.0592. The number of hydrogen-bond acceptors (Lipinski definition) is 4. The van der Waals surface area contributed by atoms with E-state index < -0.39 is 0 Å². The maximum atomic E-state index is 2.75. The van der Waals surface area contributed by atoms with Crippen LogP contribution < -0.4 is 52.4 Å². The Balaban J connectivity index is 1.04. The summed E-state index contributed by atoms with van der Waals surface area (Å²) in [5.41, 5.74) is 25.5. The Labute approximate surface area is 430 Å². The van der Waals surface area contributed by atoms with Crippen LogP contribution in [0.5, 0.6) is 0 Å². The van der Waals surface area contributed by atoms with E-state index in [-0.39, 0.29) is 27.9 Å². The molecule has 336 valence electrons. The van der Waals surface area contributed by atoms with E-state index in [0.717, 1.165) is 11.4 Å². The zero-order valence-electron chi connectivity index (χ0n) is 39.4. The van der Waals surface area contributed by atoms with Gasteiger partial charge in [-0.05, 0) is 0 Å². The summed E-state index contributed by atoms with van der Waals surface area (Å²) in [6.45, 7) is -0.0558. The first-order chi connectivity index (χ1) is 36.3. The van der Waals surface area contributed by atoms with Gasteiger partial charge in [-0.15, -0.1) is 0 Å². The first kappa shape index (κ1) is 39.9. The molecule has 6 heterocycles. The number of benzene rings is 11. The van der Waals surface area contributed by atoms with Crippen LogP contribution >= 0.6 is 0 Å². The summed E-state index contributed by atoms with van der Waals surface area (Å²) < 4.78 is 2.80. The molecule has 73 heavy (non-hydrogen) atoms. The Morgan fingerprint density at radius 2 is 0.603 bits per heavy atom. The van der Waals surface area contributed by atoms with Gasteiger partial charge in [0.2, 0.25) is 0 Å². The molecule has 5 aliphatic heterocycles. The fourth-order valence-corrected chi connectivity index (χ4v) is 16.1. The minimum atomic E-state index is -0.0592. The number of fused-ring (bicyclic) bond motifs is 13. The van der Waals surface area contributed by atoms with Crippen LogP contribution in [0.1, 0.15) is 0 Å². The van der Waals surface area contributed by atoms with Crippen molar-refractivity contribution in [1.82, 2.24) is 0 Å². The molecular formula is C66H40B2N4Se. The Morgan fingerprint density at radius 3 is 1.00 bits per heavy atom. The van der Waals surface area contributed by atoms with Gasteiger partial charge >= 0.3 is 433 Å². The van der Waals surface area contributed by atoms with Crippen molar-refractivity contribution in [2.45, 2.75) is 0 Å². The summed E-state index contributed by atoms with van der Waals surface area (Å²) in [5, 5.41) is 5.00. The molecule has 0 fully saturated rings. The van der Waals surface area contributed by atoms with Gasteiger partial charge in [0.15, 0.2) is 0 Å². The molecule has 0 N–H and O–H groups in total. The van der Waals surface area contributed by atoms with Gasteiger partial charge in [-0.25, -0.2) is 0 Å². The van der Waals surface area contributed by atoms with Crippen LogP contribution in [0.15, 0.2) is 243 Å². The van der Waals surface area contributed by atoms with Gasteiger partial charge in [-0.2, -0.15) is 0 Å². The van der Waals surface area contributed by atoms with E-state index in [9.17, 15) is 0 Å². The Morgan fingerprint density at radius 1 is 0.260 bits per heavy atom. The summed E-state index contributed by atoms with van der Waals surface area (Å²) in [7, 11) is 0. The predicted octanol–water partition coefficient (Wildman–Crippen LogP) is 12.9. The summed E-state index contributed by atoms with van der Waals surface area (Å²) in [4.78, 5) is 10.6. The van der Waals surface area contributed by atoms with Crippen molar-refractivity contribution in [3.63, 3.8) is 0 Å². The molecule has 7 heteroatoms. The fraction of sp³-hybridized carbons (Fsp3) is 0. The second kappa shape index (κ2) is 14.9. The van der Waals surface area contributed by atoms with Crippen LogP contribution in [0.4, 0.5) is 68.2 Å². The average molecular weight is 990 g/mol. The third kappa shape index (κ3) is 5.37. The van der Waals surface area contributed by atoms with E-state index in [1.165, 1.54) is 131 Å². The van der Waals surface area contributed by atoms with Gasteiger partial charge in [0, 0.05) is 0 Å². The first-order valence-electron chi connectivity index (χ1n) is 25.3. The molecule has 12 aromatic rings. The molecular weight excluding hydrogens is 949 g/mol. The predicted molar refractivity (Wildman–Crippen MR) is 311 cm³/mol. The molecule has 0 saturated carbocycles. The monoisotopic (exact) mass is 990 g/mol. The first-order valence-corrected chi connectivity index (χ1v) is 27.0. The third-order valence-electron chi connectivity index (χ3n) is 16.2. The third-order valence-corrected chi connectivity index (χ3v) is 18.9. The maximum absolute atomic E-state index is 2.75. The second-order valence-corrected chi connectivity index (χ2v) is 22.1. The van der Waals surface area contributed by atoms with Crippen molar-refractivity contribution in [3.05, 3.63) is 243 Å². The normalized spacial score (nSPS) is 13.9. The molecule has 4 nitrogen and oxygen atoms in total. The molecule has 0 amide bonds. The van der Waals surface area contributed by atoms with Gasteiger partial charge in [-0.1, -0.05) is 0 Å². The summed E-state index contributed by atoms with van der Waals surface area (Å²) in [6.07, 6.45) is 0. The van der Waals surface area contributed by atoms with Crippen molar-refractivity contribution < 1.29 is 0 Å². The zero-order chi connectivity index (χ0) is 47.5. The van der Waals surface area contributed by atoms with Gasteiger partial charge in [0.25, 0.3) is 0 Å². The molecule has 0 atom stereocenters. The van der Waals surface area contributed by atoms with E-state index in [1.54, 1.807) is 0 Å². The van der Waals surface area contributed by atoms with Crippen LogP contribution in [0, 0.1) is 0 Å². The van der Waals surface area contributed by atoms with Crippen molar-refractivity contribution in [2.75, 3.05) is 19.6 Å². The second-order valence-electron chi connectivity index (χ2n) is 19.9. The molecule has 0 unspecified atom stereocenters. The number of para-hydroxylation sites is 2. The summed E-state index contributed by atoms with van der Waals surface area (Å²) in [5.74, 6) is 0. The number of hydrogen-bond donors (Lipinski definition) is 0. The molecule has 5 aliphatic rings. The average Bonchev–Trinajstić information content (AvgIpc) is 3.88. The SMILES string of the molecule is c1ccc(-c2[se]c(-c3ccccc3)c3c2N2c4cccc5c4B(c4cc6ccccc6cc4N5c4ccccc4)c4ccc5c(c42)N3c2cccc3c2B5c2cc4ccccc4cc2N3c2ccccc2)cc1. The Hall–Kier alpha value is -8.73. The number of anilines is 12. The van der Waals surface area contributed by atoms with Gasteiger partial charge in [0.05, 0.1) is 0 Å². The molecule has 0 saturated heterocycles. The van der Waals surface area contributed by atoms with E-state index in [4.69, 9.17) is 0 Å². The molecule has 0 bridgehead atoms. The van der Waals surface area contributed by atoms with E-state index in [2.05, 4.69) is 262 Å². The topological polar surface area (TPSA) is 13.0 Å². The van der Waals surface area contributed by atoms with Crippen LogP contribution in [0.3, 0.4) is 0 Å². The van der Waals surface area contributed by atoms with Crippen LogP contribution in [-0.4, -0.2) is 27.9 Å². The quantitative estimate of drug-likeness (QED) is 0.163. The molecule has 0 spiro atoms. The van der Waals surface area contributed by atoms with Crippen molar-refractivity contribution in [1.29, 1.82) is 0 Å². The van der Waals surface area contributed by atoms with Crippen LogP contribution in [0.2, 0.25) is 0 Å². The van der Waals surface area contributed by atoms with Crippen molar-refractivity contribution in [3.8, 4) is 20.0 Å². The van der Waals surface area contributed by atoms with Crippen molar-refractivity contribution in [2.24, 2.45) is 0 Å². The molecule has 1 aromatic heterocycles. The zero-order valence-corrected chi connectivity index (χ0v) is 41.2. The van der Waals surface area contributed by atoms with Crippen LogP contribution in [0.25, 0.3) is 41.5 Å². The summed E-state index contributed by atoms with van der Waals surface area (Å²) in [6, 6.07) is 91.5. The fourth-order valence-electron chi connectivity index (χ4n) is 13.4. The molecule has 11 aromatic carbocycles. The van der Waals surface area contributed by atoms with E-state index in [0.29, 0.717) is 0 Å². The Bertz CT molecular complexity index is 4040. The van der Waals surface area contributed by atoms with E-state index in [1.807, 2.05) is 0 Å². The number of nitrogens with zero attached hydrogens (tertiary/aromatic N) is 4. The molecule has 0 radical (unpaired) electrons. The number of rotatable bonds is 4. The van der Waals surface area contributed by atoms with E-state index >= 15 is 0 Å². The van der Waals surface area contributed by atoms with Gasteiger partial charge in [0.1, 0.15) is 0 Å². The van der Waals surface area contributed by atoms with Gasteiger partial charge < -0.3 is 0 Å². The standard InChI is InChI=1S/C66H40B2N4Se/c1-5-19-41(20-6-1)65-63-64(66(73-65)42-21-7-2-8-22-42)72-56-34-18-32-54-60(56)68(52-38-44-24-14-16-26-46(44)40-58(52)70(54)48-29-11-4-12-30-48)50-36-35-49-61(62(50)72)71(63)55-33-17-31-53-59(55)67(49)51-37-43-23-13-15-25-45(43)39-57(51)69(53)47-27-9-3-10-28-47/h1-40H. The van der Waals surface area contributed by atoms with Gasteiger partial charge in [-0.3, -0.25) is 0 Å². The minimum absolute atomic E-state index is 0.0279. The Kier molecular flexibility index (Phi) is 8.16. The molecule has 0 aliphatic carbocycles. The molecule has 17 rings (SSSR count). The van der Waals surface area contributed by atoms with Crippen LogP contribution in [-0.2, 0) is 0 Å². The van der Waals surface area contributed by atoms with Crippen molar-refractivity contribution >= 4 is 150 Å².